The third-order valence-corrected chi connectivity index (χ3v) is 5.61. The zero-order valence-corrected chi connectivity index (χ0v) is 18.9. The normalized spacial score (nSPS) is 13.6. The number of amides is 3. The Morgan fingerprint density at radius 3 is 2.58 bits per heavy atom. The molecule has 0 spiro atoms. The van der Waals surface area contributed by atoms with Crippen molar-refractivity contribution in [3.05, 3.63) is 64.9 Å². The molecule has 0 radical (unpaired) electrons. The molecule has 0 saturated carbocycles. The van der Waals surface area contributed by atoms with E-state index < -0.39 is 0 Å². The quantitative estimate of drug-likeness (QED) is 0.592. The van der Waals surface area contributed by atoms with E-state index in [9.17, 15) is 9.59 Å². The van der Waals surface area contributed by atoms with E-state index in [2.05, 4.69) is 15.5 Å². The lowest BCUT2D eigenvalue weighted by atomic mass is 10.1. The van der Waals surface area contributed by atoms with Crippen molar-refractivity contribution in [2.24, 2.45) is 0 Å². The van der Waals surface area contributed by atoms with Crippen LogP contribution in [-0.4, -0.2) is 71.8 Å². The van der Waals surface area contributed by atoms with Crippen LogP contribution < -0.4 is 5.32 Å². The van der Waals surface area contributed by atoms with Crippen molar-refractivity contribution in [3.63, 3.8) is 0 Å². The van der Waals surface area contributed by atoms with E-state index in [1.54, 1.807) is 60.5 Å². The van der Waals surface area contributed by atoms with Crippen LogP contribution in [0.15, 0.2) is 53.1 Å². The number of nitrogens with zero attached hydrogens (tertiary/aromatic N) is 4. The predicted molar refractivity (Wildman–Crippen MR) is 123 cm³/mol. The number of morpholine rings is 1. The molecule has 172 valence electrons. The first-order chi connectivity index (χ1) is 16.0. The van der Waals surface area contributed by atoms with Gasteiger partial charge in [0, 0.05) is 44.2 Å². The van der Waals surface area contributed by atoms with Gasteiger partial charge in [-0.2, -0.15) is 4.98 Å². The lowest BCUT2D eigenvalue weighted by molar-refractivity contribution is 0.0303. The summed E-state index contributed by atoms with van der Waals surface area (Å²) in [5, 5.41) is 7.24. The molecule has 3 aromatic rings. The Hall–Kier alpha value is -3.43. The van der Waals surface area contributed by atoms with Crippen LogP contribution in [0.5, 0.6) is 0 Å². The molecule has 1 aliphatic heterocycles. The molecular formula is C23H24ClN5O4. The van der Waals surface area contributed by atoms with Crippen molar-refractivity contribution in [1.82, 2.24) is 19.9 Å². The summed E-state index contributed by atoms with van der Waals surface area (Å²) >= 11 is 6.08. The topological polar surface area (TPSA) is 101 Å². The molecule has 0 aliphatic carbocycles. The molecule has 1 saturated heterocycles. The maximum Gasteiger partial charge on any atom is 0.321 e. The van der Waals surface area contributed by atoms with E-state index in [1.165, 1.54) is 4.90 Å². The monoisotopic (exact) mass is 469 g/mol. The molecule has 2 heterocycles. The van der Waals surface area contributed by atoms with E-state index in [0.29, 0.717) is 67.3 Å². The Bertz CT molecular complexity index is 1110. The van der Waals surface area contributed by atoms with Crippen LogP contribution in [0.2, 0.25) is 5.02 Å². The number of hydrogen-bond donors (Lipinski definition) is 1. The molecular weight excluding hydrogens is 446 g/mol. The molecule has 33 heavy (non-hydrogen) atoms. The number of nitrogens with one attached hydrogen (secondary N) is 1. The summed E-state index contributed by atoms with van der Waals surface area (Å²) in [4.78, 5) is 32.6. The number of hydrogen-bond acceptors (Lipinski definition) is 6. The van der Waals surface area contributed by atoms with Crippen LogP contribution in [0.4, 0.5) is 10.5 Å². The van der Waals surface area contributed by atoms with E-state index in [4.69, 9.17) is 20.9 Å². The highest BCUT2D eigenvalue weighted by molar-refractivity contribution is 6.33. The molecule has 1 aromatic heterocycles. The summed E-state index contributed by atoms with van der Waals surface area (Å²) < 4.78 is 10.7. The number of benzene rings is 2. The van der Waals surface area contributed by atoms with E-state index in [-0.39, 0.29) is 11.9 Å². The molecule has 1 aliphatic rings. The third-order valence-electron chi connectivity index (χ3n) is 5.28. The molecule has 3 amide bonds. The van der Waals surface area contributed by atoms with E-state index in [1.807, 2.05) is 0 Å². The minimum Gasteiger partial charge on any atom is -0.378 e. The van der Waals surface area contributed by atoms with Gasteiger partial charge in [0.1, 0.15) is 0 Å². The number of urea groups is 1. The standard InChI is InChI=1S/C23H24ClN5O4/c1-28(23(31)25-19-5-3-2-4-18(19)24)11-10-20-26-21(33-27-20)16-6-8-17(9-7-16)22(30)29-12-14-32-15-13-29/h2-9H,10-15H2,1H3,(H,25,31). The lowest BCUT2D eigenvalue weighted by Gasteiger charge is -2.26. The summed E-state index contributed by atoms with van der Waals surface area (Å²) in [7, 11) is 1.68. The van der Waals surface area contributed by atoms with Gasteiger partial charge in [-0.1, -0.05) is 28.9 Å². The summed E-state index contributed by atoms with van der Waals surface area (Å²) in [5.74, 6) is 0.823. The number of ether oxygens (including phenoxy) is 1. The summed E-state index contributed by atoms with van der Waals surface area (Å²) in [6.45, 7) is 2.70. The molecule has 10 heteroatoms. The molecule has 0 unspecified atom stereocenters. The lowest BCUT2D eigenvalue weighted by Crippen LogP contribution is -2.40. The highest BCUT2D eigenvalue weighted by Gasteiger charge is 2.19. The molecule has 0 atom stereocenters. The van der Waals surface area contributed by atoms with Crippen LogP contribution in [0.1, 0.15) is 16.2 Å². The second kappa shape index (κ2) is 10.5. The summed E-state index contributed by atoms with van der Waals surface area (Å²) in [6.07, 6.45) is 0.420. The number of anilines is 1. The number of carbonyl (C=O) groups excluding carboxylic acids is 2. The predicted octanol–water partition coefficient (Wildman–Crippen LogP) is 3.57. The van der Waals surface area contributed by atoms with Crippen LogP contribution in [0.25, 0.3) is 11.5 Å². The first kappa shape index (κ1) is 22.8. The Labute approximate surface area is 196 Å². The Balaban J connectivity index is 1.31. The number of aromatic nitrogens is 2. The van der Waals surface area contributed by atoms with Gasteiger partial charge in [-0.05, 0) is 36.4 Å². The molecule has 0 bridgehead atoms. The fraction of sp³-hybridized carbons (Fsp3) is 0.304. The highest BCUT2D eigenvalue weighted by atomic mass is 35.5. The van der Waals surface area contributed by atoms with Gasteiger partial charge in [0.15, 0.2) is 5.82 Å². The Morgan fingerprint density at radius 2 is 1.85 bits per heavy atom. The first-order valence-corrected chi connectivity index (χ1v) is 11.0. The van der Waals surface area contributed by atoms with Crippen LogP contribution in [0, 0.1) is 0 Å². The fourth-order valence-electron chi connectivity index (χ4n) is 3.32. The second-order valence-corrected chi connectivity index (χ2v) is 7.99. The average molecular weight is 470 g/mol. The minimum atomic E-state index is -0.285. The second-order valence-electron chi connectivity index (χ2n) is 7.58. The van der Waals surface area contributed by atoms with Gasteiger partial charge in [-0.3, -0.25) is 4.79 Å². The fourth-order valence-corrected chi connectivity index (χ4v) is 3.50. The van der Waals surface area contributed by atoms with Crippen molar-refractivity contribution >= 4 is 29.2 Å². The third kappa shape index (κ3) is 5.68. The maximum atomic E-state index is 12.6. The average Bonchev–Trinajstić information content (AvgIpc) is 3.33. The van der Waals surface area contributed by atoms with Crippen molar-refractivity contribution in [3.8, 4) is 11.5 Å². The zero-order valence-electron chi connectivity index (χ0n) is 18.2. The Kier molecular flexibility index (Phi) is 7.21. The Morgan fingerprint density at radius 1 is 1.12 bits per heavy atom. The van der Waals surface area contributed by atoms with E-state index >= 15 is 0 Å². The van der Waals surface area contributed by atoms with Crippen LogP contribution in [0.3, 0.4) is 0 Å². The molecule has 1 fully saturated rings. The number of para-hydroxylation sites is 1. The van der Waals surface area contributed by atoms with Gasteiger partial charge in [-0.25, -0.2) is 4.79 Å². The van der Waals surface area contributed by atoms with Crippen molar-refractivity contribution < 1.29 is 18.8 Å². The SMILES string of the molecule is CN(CCc1noc(-c2ccc(C(=O)N3CCOCC3)cc2)n1)C(=O)Nc1ccccc1Cl. The van der Waals surface area contributed by atoms with Gasteiger partial charge in [0.25, 0.3) is 11.8 Å². The molecule has 4 rings (SSSR count). The van der Waals surface area contributed by atoms with Crippen molar-refractivity contribution in [2.45, 2.75) is 6.42 Å². The number of carbonyl (C=O) groups is 2. The molecule has 9 nitrogen and oxygen atoms in total. The van der Waals surface area contributed by atoms with Gasteiger partial charge in [-0.15, -0.1) is 0 Å². The zero-order chi connectivity index (χ0) is 23.2. The number of likely N-dealkylation sites (N-methyl/N-ethyl adjacent to an activating group) is 1. The molecule has 1 N–H and O–H groups in total. The summed E-state index contributed by atoms with van der Waals surface area (Å²) in [6, 6.07) is 13.8. The van der Waals surface area contributed by atoms with Crippen molar-refractivity contribution in [2.75, 3.05) is 45.2 Å². The van der Waals surface area contributed by atoms with Crippen molar-refractivity contribution in [1.29, 1.82) is 0 Å². The van der Waals surface area contributed by atoms with Crippen LogP contribution in [-0.2, 0) is 11.2 Å². The van der Waals surface area contributed by atoms with Gasteiger partial charge < -0.3 is 24.4 Å². The summed E-state index contributed by atoms with van der Waals surface area (Å²) in [5.41, 5.74) is 1.87. The smallest absolute Gasteiger partial charge is 0.321 e. The van der Waals surface area contributed by atoms with Gasteiger partial charge in [0.05, 0.1) is 23.9 Å². The maximum absolute atomic E-state index is 12.6. The number of rotatable bonds is 6. The number of halogens is 1. The van der Waals surface area contributed by atoms with Crippen LogP contribution >= 0.6 is 11.6 Å². The minimum absolute atomic E-state index is 0.0193. The molecule has 2 aromatic carbocycles. The highest BCUT2D eigenvalue weighted by Crippen LogP contribution is 2.21. The van der Waals surface area contributed by atoms with E-state index in [0.717, 1.165) is 5.56 Å². The largest absolute Gasteiger partial charge is 0.378 e. The van der Waals surface area contributed by atoms with Gasteiger partial charge in [0.2, 0.25) is 0 Å². The first-order valence-electron chi connectivity index (χ1n) is 10.6. The van der Waals surface area contributed by atoms with Gasteiger partial charge >= 0.3 is 6.03 Å².